The van der Waals surface area contributed by atoms with Gasteiger partial charge in [-0.3, -0.25) is 19.3 Å². The molecule has 0 atom stereocenters. The highest BCUT2D eigenvalue weighted by Crippen LogP contribution is 2.18. The molecule has 3 rings (SSSR count). The molecule has 0 radical (unpaired) electrons. The van der Waals surface area contributed by atoms with Gasteiger partial charge in [-0.1, -0.05) is 18.2 Å². The number of rotatable bonds is 6. The van der Waals surface area contributed by atoms with Gasteiger partial charge in [0.25, 0.3) is 5.91 Å². The van der Waals surface area contributed by atoms with E-state index in [4.69, 9.17) is 0 Å². The predicted octanol–water partition coefficient (Wildman–Crippen LogP) is 0.148. The maximum atomic E-state index is 12.3. The largest absolute Gasteiger partial charge is 0.352 e. The number of piperazine rings is 1. The number of hydrogen-bond donors (Lipinski definition) is 2. The van der Waals surface area contributed by atoms with Crippen LogP contribution < -0.4 is 10.6 Å². The molecule has 140 valence electrons. The third kappa shape index (κ3) is 5.05. The minimum Gasteiger partial charge on any atom is -0.352 e. The highest BCUT2D eigenvalue weighted by molar-refractivity contribution is 5.97. The van der Waals surface area contributed by atoms with E-state index >= 15 is 0 Å². The zero-order valence-electron chi connectivity index (χ0n) is 15.2. The number of amides is 3. The normalized spacial score (nSPS) is 17.7. The van der Waals surface area contributed by atoms with Gasteiger partial charge in [0.1, 0.15) is 0 Å². The van der Waals surface area contributed by atoms with Crippen LogP contribution >= 0.6 is 0 Å². The lowest BCUT2D eigenvalue weighted by Crippen LogP contribution is -2.53. The molecular formula is C19H26N4O3. The Balaban J connectivity index is 1.38. The summed E-state index contributed by atoms with van der Waals surface area (Å²) >= 11 is 0. The van der Waals surface area contributed by atoms with Crippen LogP contribution in [0.3, 0.4) is 0 Å². The zero-order chi connectivity index (χ0) is 18.5. The van der Waals surface area contributed by atoms with Crippen molar-refractivity contribution in [2.24, 2.45) is 0 Å². The average molecular weight is 358 g/mol. The summed E-state index contributed by atoms with van der Waals surface area (Å²) in [6, 6.07) is 7.68. The molecule has 1 aliphatic heterocycles. The van der Waals surface area contributed by atoms with Crippen molar-refractivity contribution < 1.29 is 14.4 Å². The van der Waals surface area contributed by atoms with Gasteiger partial charge in [-0.2, -0.15) is 0 Å². The second-order valence-electron chi connectivity index (χ2n) is 7.00. The van der Waals surface area contributed by atoms with Gasteiger partial charge in [0.15, 0.2) is 0 Å². The molecule has 7 nitrogen and oxygen atoms in total. The molecule has 1 aromatic carbocycles. The Labute approximate surface area is 153 Å². The summed E-state index contributed by atoms with van der Waals surface area (Å²) in [7, 11) is 0. The topological polar surface area (TPSA) is 81.8 Å². The van der Waals surface area contributed by atoms with Crippen molar-refractivity contribution in [3.63, 3.8) is 0 Å². The minimum absolute atomic E-state index is 0.00463. The van der Waals surface area contributed by atoms with Crippen molar-refractivity contribution in [1.82, 2.24) is 20.4 Å². The molecule has 0 aromatic heterocycles. The van der Waals surface area contributed by atoms with E-state index in [9.17, 15) is 14.4 Å². The van der Waals surface area contributed by atoms with Crippen LogP contribution in [0.25, 0.3) is 0 Å². The van der Waals surface area contributed by atoms with E-state index in [2.05, 4.69) is 15.5 Å². The Hall–Kier alpha value is -2.41. The number of nitrogens with one attached hydrogen (secondary N) is 2. The van der Waals surface area contributed by atoms with E-state index in [1.54, 1.807) is 11.0 Å². The van der Waals surface area contributed by atoms with E-state index < -0.39 is 0 Å². The van der Waals surface area contributed by atoms with Crippen LogP contribution in [0.5, 0.6) is 0 Å². The maximum absolute atomic E-state index is 12.3. The molecule has 1 aromatic rings. The summed E-state index contributed by atoms with van der Waals surface area (Å²) < 4.78 is 0. The van der Waals surface area contributed by atoms with Gasteiger partial charge in [0, 0.05) is 37.8 Å². The average Bonchev–Trinajstić information content (AvgIpc) is 3.44. The third-order valence-electron chi connectivity index (χ3n) is 4.82. The molecule has 0 spiro atoms. The number of hydrogen-bond acceptors (Lipinski definition) is 4. The quantitative estimate of drug-likeness (QED) is 0.758. The first kappa shape index (κ1) is 18.4. The first-order valence-electron chi connectivity index (χ1n) is 9.16. The molecule has 7 heteroatoms. The Bertz CT molecular complexity index is 679. The summed E-state index contributed by atoms with van der Waals surface area (Å²) in [5.41, 5.74) is 1.47. The number of aryl methyl sites for hydroxylation is 1. The van der Waals surface area contributed by atoms with Crippen LogP contribution in [0, 0.1) is 6.92 Å². The highest BCUT2D eigenvalue weighted by atomic mass is 16.2. The number of carbonyl (C=O) groups is 3. The minimum atomic E-state index is -0.230. The van der Waals surface area contributed by atoms with Gasteiger partial charge < -0.3 is 15.5 Å². The molecule has 3 amide bonds. The summed E-state index contributed by atoms with van der Waals surface area (Å²) in [4.78, 5) is 40.1. The van der Waals surface area contributed by atoms with E-state index in [1.807, 2.05) is 25.1 Å². The van der Waals surface area contributed by atoms with E-state index in [1.165, 1.54) is 0 Å². The van der Waals surface area contributed by atoms with Gasteiger partial charge >= 0.3 is 0 Å². The van der Waals surface area contributed by atoms with Crippen molar-refractivity contribution in [3.05, 3.63) is 35.4 Å². The zero-order valence-corrected chi connectivity index (χ0v) is 15.2. The maximum Gasteiger partial charge on any atom is 0.251 e. The Morgan fingerprint density at radius 1 is 1.08 bits per heavy atom. The van der Waals surface area contributed by atoms with Crippen LogP contribution in [0.1, 0.15) is 28.8 Å². The molecule has 0 unspecified atom stereocenters. The van der Waals surface area contributed by atoms with Crippen molar-refractivity contribution in [1.29, 1.82) is 0 Å². The lowest BCUT2D eigenvalue weighted by molar-refractivity contribution is -0.132. The van der Waals surface area contributed by atoms with Crippen molar-refractivity contribution in [2.75, 3.05) is 39.3 Å². The summed E-state index contributed by atoms with van der Waals surface area (Å²) in [6.45, 7) is 4.77. The molecule has 26 heavy (non-hydrogen) atoms. The molecule has 2 aliphatic rings. The molecule has 2 N–H and O–H groups in total. The predicted molar refractivity (Wildman–Crippen MR) is 97.7 cm³/mol. The van der Waals surface area contributed by atoms with Gasteiger partial charge in [-0.05, 0) is 31.4 Å². The van der Waals surface area contributed by atoms with E-state index in [-0.39, 0.29) is 24.3 Å². The third-order valence-corrected chi connectivity index (χ3v) is 4.82. The smallest absolute Gasteiger partial charge is 0.251 e. The summed E-state index contributed by atoms with van der Waals surface area (Å²) in [5.74, 6) is -0.251. The molecular weight excluding hydrogens is 332 g/mol. The molecule has 2 fully saturated rings. The Morgan fingerprint density at radius 3 is 2.42 bits per heavy atom. The van der Waals surface area contributed by atoms with E-state index in [0.717, 1.165) is 18.4 Å². The SMILES string of the molecule is Cc1ccccc1C(=O)NCC(=O)N1CCN(CC(=O)NC2CC2)CC1. The highest BCUT2D eigenvalue weighted by Gasteiger charge is 2.26. The molecule has 0 bridgehead atoms. The first-order chi connectivity index (χ1) is 12.5. The first-order valence-corrected chi connectivity index (χ1v) is 9.16. The van der Waals surface area contributed by atoms with Crippen LogP contribution in [-0.4, -0.2) is 72.8 Å². The lowest BCUT2D eigenvalue weighted by atomic mass is 10.1. The van der Waals surface area contributed by atoms with Crippen molar-refractivity contribution in [3.8, 4) is 0 Å². The van der Waals surface area contributed by atoms with Gasteiger partial charge in [0.2, 0.25) is 11.8 Å². The fourth-order valence-corrected chi connectivity index (χ4v) is 3.05. The lowest BCUT2D eigenvalue weighted by Gasteiger charge is -2.34. The summed E-state index contributed by atoms with van der Waals surface area (Å²) in [5, 5.41) is 5.68. The summed E-state index contributed by atoms with van der Waals surface area (Å²) in [6.07, 6.45) is 2.17. The van der Waals surface area contributed by atoms with Crippen molar-refractivity contribution in [2.45, 2.75) is 25.8 Å². The molecule has 1 saturated carbocycles. The monoisotopic (exact) mass is 358 g/mol. The standard InChI is InChI=1S/C19H26N4O3/c1-14-4-2-3-5-16(14)19(26)20-12-18(25)23-10-8-22(9-11-23)13-17(24)21-15-6-7-15/h2-5,15H,6-13H2,1H3,(H,20,26)(H,21,24). The fourth-order valence-electron chi connectivity index (χ4n) is 3.05. The van der Waals surface area contributed by atoms with Gasteiger partial charge in [0.05, 0.1) is 13.1 Å². The van der Waals surface area contributed by atoms with Crippen LogP contribution in [0.4, 0.5) is 0 Å². The van der Waals surface area contributed by atoms with Crippen molar-refractivity contribution >= 4 is 17.7 Å². The second kappa shape index (κ2) is 8.31. The molecule has 1 aliphatic carbocycles. The van der Waals surface area contributed by atoms with E-state index in [0.29, 0.717) is 44.3 Å². The second-order valence-corrected chi connectivity index (χ2v) is 7.00. The number of carbonyl (C=O) groups excluding carboxylic acids is 3. The van der Waals surface area contributed by atoms with Gasteiger partial charge in [-0.15, -0.1) is 0 Å². The Morgan fingerprint density at radius 2 is 1.77 bits per heavy atom. The number of nitrogens with zero attached hydrogens (tertiary/aromatic N) is 2. The van der Waals surface area contributed by atoms with Crippen LogP contribution in [0.2, 0.25) is 0 Å². The Kier molecular flexibility index (Phi) is 5.88. The molecule has 1 saturated heterocycles. The fraction of sp³-hybridized carbons (Fsp3) is 0.526. The molecule has 1 heterocycles. The van der Waals surface area contributed by atoms with Gasteiger partial charge in [-0.25, -0.2) is 0 Å². The van der Waals surface area contributed by atoms with Crippen LogP contribution in [-0.2, 0) is 9.59 Å². The van der Waals surface area contributed by atoms with Crippen LogP contribution in [0.15, 0.2) is 24.3 Å². The number of benzene rings is 1.